The van der Waals surface area contributed by atoms with Crippen molar-refractivity contribution < 1.29 is 9.53 Å². The summed E-state index contributed by atoms with van der Waals surface area (Å²) in [6.45, 7) is 0.912. The molecule has 0 aliphatic rings. The minimum atomic E-state index is -0.179. The Morgan fingerprint density at radius 2 is 2.06 bits per heavy atom. The first-order chi connectivity index (χ1) is 8.22. The minimum absolute atomic E-state index is 0.0158. The van der Waals surface area contributed by atoms with E-state index in [1.54, 1.807) is 36.4 Å². The first-order valence-electron chi connectivity index (χ1n) is 5.22. The summed E-state index contributed by atoms with van der Waals surface area (Å²) in [6.07, 6.45) is 3.57. The second kappa shape index (κ2) is 7.70. The van der Waals surface area contributed by atoms with E-state index in [0.29, 0.717) is 23.9 Å². The quantitative estimate of drug-likeness (QED) is 0.754. The highest BCUT2D eigenvalue weighted by Crippen LogP contribution is 2.15. The average Bonchev–Trinajstić information content (AvgIpc) is 2.34. The molecule has 0 fully saturated rings. The average molecular weight is 255 g/mol. The second-order valence-electron chi connectivity index (χ2n) is 3.25. The van der Waals surface area contributed by atoms with Crippen LogP contribution in [0.3, 0.4) is 0 Å². The summed E-state index contributed by atoms with van der Waals surface area (Å²) >= 11 is 5.72. The highest BCUT2D eigenvalue weighted by Gasteiger charge is 2.00. The van der Waals surface area contributed by atoms with Gasteiger partial charge in [-0.25, -0.2) is 0 Å². The molecule has 1 amide bonds. The number of halogens is 1. The lowest BCUT2D eigenvalue weighted by atomic mass is 10.3. The molecule has 0 atom stereocenters. The van der Waals surface area contributed by atoms with Gasteiger partial charge in [-0.2, -0.15) is 0 Å². The lowest BCUT2D eigenvalue weighted by Crippen LogP contribution is -2.28. The van der Waals surface area contributed by atoms with Crippen molar-refractivity contribution in [2.75, 3.05) is 19.7 Å². The van der Waals surface area contributed by atoms with Gasteiger partial charge in [0.1, 0.15) is 5.75 Å². The first-order valence-corrected chi connectivity index (χ1v) is 5.60. The number of nitrogens with two attached hydrogens (primary N) is 1. The number of carbonyl (C=O) groups excluding carboxylic acids is 1. The van der Waals surface area contributed by atoms with Crippen molar-refractivity contribution in [1.29, 1.82) is 0 Å². The van der Waals surface area contributed by atoms with Crippen LogP contribution < -0.4 is 15.8 Å². The molecule has 0 aromatic heterocycles. The Hall–Kier alpha value is -1.52. The van der Waals surface area contributed by atoms with E-state index in [1.807, 2.05) is 0 Å². The summed E-state index contributed by atoms with van der Waals surface area (Å²) in [6, 6.07) is 6.84. The monoisotopic (exact) mass is 254 g/mol. The highest BCUT2D eigenvalue weighted by molar-refractivity contribution is 6.30. The van der Waals surface area contributed by atoms with Crippen molar-refractivity contribution >= 4 is 17.5 Å². The van der Waals surface area contributed by atoms with E-state index in [-0.39, 0.29) is 12.5 Å². The van der Waals surface area contributed by atoms with Gasteiger partial charge in [0.15, 0.2) is 6.61 Å². The fraction of sp³-hybridized carbons (Fsp3) is 0.250. The van der Waals surface area contributed by atoms with Crippen LogP contribution in [0.5, 0.6) is 5.75 Å². The molecule has 17 heavy (non-hydrogen) atoms. The van der Waals surface area contributed by atoms with E-state index in [0.717, 1.165) is 0 Å². The standard InChI is InChI=1S/C12H15ClN2O2/c13-10-3-5-11(6-4-10)17-9-12(16)15-8-2-1-7-14/h1-6H,7-9,14H2,(H,15,16)/b2-1+. The van der Waals surface area contributed by atoms with Gasteiger partial charge in [0.2, 0.25) is 0 Å². The first kappa shape index (κ1) is 13.5. The van der Waals surface area contributed by atoms with Gasteiger partial charge >= 0.3 is 0 Å². The van der Waals surface area contributed by atoms with E-state index in [9.17, 15) is 4.79 Å². The van der Waals surface area contributed by atoms with Gasteiger partial charge in [-0.3, -0.25) is 4.79 Å². The Morgan fingerprint density at radius 1 is 1.35 bits per heavy atom. The predicted octanol–water partition coefficient (Wildman–Crippen LogP) is 1.35. The molecule has 5 heteroatoms. The van der Waals surface area contributed by atoms with Gasteiger partial charge in [-0.1, -0.05) is 23.8 Å². The van der Waals surface area contributed by atoms with Crippen LogP contribution in [0.15, 0.2) is 36.4 Å². The van der Waals surface area contributed by atoms with Crippen molar-refractivity contribution in [3.05, 3.63) is 41.4 Å². The molecule has 1 rings (SSSR count). The third-order valence-corrected chi connectivity index (χ3v) is 2.16. The smallest absolute Gasteiger partial charge is 0.258 e. The summed E-state index contributed by atoms with van der Waals surface area (Å²) in [5.74, 6) is 0.434. The molecule has 4 nitrogen and oxygen atoms in total. The number of nitrogens with one attached hydrogen (secondary N) is 1. The van der Waals surface area contributed by atoms with Gasteiger partial charge < -0.3 is 15.8 Å². The SMILES string of the molecule is NC/C=C/CNC(=O)COc1ccc(Cl)cc1. The van der Waals surface area contributed by atoms with Crippen LogP contribution in [0.25, 0.3) is 0 Å². The fourth-order valence-electron chi connectivity index (χ4n) is 1.08. The third kappa shape index (κ3) is 5.94. The Labute approximate surface area is 105 Å². The maximum absolute atomic E-state index is 11.3. The van der Waals surface area contributed by atoms with E-state index in [2.05, 4.69) is 5.32 Å². The van der Waals surface area contributed by atoms with Gasteiger partial charge in [0, 0.05) is 18.1 Å². The molecule has 1 aromatic carbocycles. The summed E-state index contributed by atoms with van der Waals surface area (Å²) in [5.41, 5.74) is 5.26. The molecule has 0 spiro atoms. The van der Waals surface area contributed by atoms with Crippen LogP contribution in [0.2, 0.25) is 5.02 Å². The van der Waals surface area contributed by atoms with Crippen molar-refractivity contribution in [2.45, 2.75) is 0 Å². The van der Waals surface area contributed by atoms with Crippen molar-refractivity contribution in [1.82, 2.24) is 5.32 Å². The van der Waals surface area contributed by atoms with Gasteiger partial charge in [-0.15, -0.1) is 0 Å². The fourth-order valence-corrected chi connectivity index (χ4v) is 1.21. The third-order valence-electron chi connectivity index (χ3n) is 1.90. The molecule has 0 saturated carbocycles. The van der Waals surface area contributed by atoms with E-state index in [1.165, 1.54) is 0 Å². The Bertz CT molecular complexity index is 377. The number of amides is 1. The molecular formula is C12H15ClN2O2. The number of hydrogen-bond donors (Lipinski definition) is 2. The van der Waals surface area contributed by atoms with Crippen LogP contribution in [0.1, 0.15) is 0 Å². The van der Waals surface area contributed by atoms with Gasteiger partial charge in [0.25, 0.3) is 5.91 Å². The molecule has 0 aliphatic heterocycles. The summed E-state index contributed by atoms with van der Waals surface area (Å²) in [7, 11) is 0. The summed E-state index contributed by atoms with van der Waals surface area (Å²) < 4.78 is 5.26. The van der Waals surface area contributed by atoms with Crippen LogP contribution in [-0.2, 0) is 4.79 Å². The second-order valence-corrected chi connectivity index (χ2v) is 3.69. The topological polar surface area (TPSA) is 64.3 Å². The molecule has 0 saturated heterocycles. The normalized spacial score (nSPS) is 10.5. The van der Waals surface area contributed by atoms with Crippen LogP contribution in [-0.4, -0.2) is 25.6 Å². The molecule has 0 aliphatic carbocycles. The number of ether oxygens (including phenoxy) is 1. The van der Waals surface area contributed by atoms with Gasteiger partial charge in [-0.05, 0) is 24.3 Å². The molecule has 0 bridgehead atoms. The molecule has 92 valence electrons. The molecular weight excluding hydrogens is 240 g/mol. The van der Waals surface area contributed by atoms with Crippen molar-refractivity contribution in [2.24, 2.45) is 5.73 Å². The maximum atomic E-state index is 11.3. The molecule has 0 unspecified atom stereocenters. The van der Waals surface area contributed by atoms with Gasteiger partial charge in [0.05, 0.1) is 0 Å². The van der Waals surface area contributed by atoms with E-state index >= 15 is 0 Å². The lowest BCUT2D eigenvalue weighted by molar-refractivity contribution is -0.122. The molecule has 0 heterocycles. The van der Waals surface area contributed by atoms with E-state index in [4.69, 9.17) is 22.1 Å². The molecule has 0 radical (unpaired) electrons. The highest BCUT2D eigenvalue weighted by atomic mass is 35.5. The zero-order valence-corrected chi connectivity index (χ0v) is 10.1. The number of hydrogen-bond acceptors (Lipinski definition) is 3. The van der Waals surface area contributed by atoms with Crippen molar-refractivity contribution in [3.8, 4) is 5.75 Å². The zero-order chi connectivity index (χ0) is 12.5. The van der Waals surface area contributed by atoms with E-state index < -0.39 is 0 Å². The van der Waals surface area contributed by atoms with Crippen LogP contribution in [0, 0.1) is 0 Å². The molecule has 3 N–H and O–H groups in total. The van der Waals surface area contributed by atoms with Crippen LogP contribution >= 0.6 is 11.6 Å². The minimum Gasteiger partial charge on any atom is -0.484 e. The van der Waals surface area contributed by atoms with Crippen LogP contribution in [0.4, 0.5) is 0 Å². The largest absolute Gasteiger partial charge is 0.484 e. The molecule has 1 aromatic rings. The zero-order valence-electron chi connectivity index (χ0n) is 9.36. The summed E-state index contributed by atoms with van der Waals surface area (Å²) in [5, 5.41) is 3.30. The maximum Gasteiger partial charge on any atom is 0.258 e. The number of carbonyl (C=O) groups is 1. The Morgan fingerprint density at radius 3 is 2.71 bits per heavy atom. The summed E-state index contributed by atoms with van der Waals surface area (Å²) in [4.78, 5) is 11.3. The lowest BCUT2D eigenvalue weighted by Gasteiger charge is -2.05. The number of rotatable bonds is 6. The Balaban J connectivity index is 2.23. The Kier molecular flexibility index (Phi) is 6.14. The van der Waals surface area contributed by atoms with Crippen molar-refractivity contribution in [3.63, 3.8) is 0 Å². The predicted molar refractivity (Wildman–Crippen MR) is 68.2 cm³/mol. The number of benzene rings is 1.